The van der Waals surface area contributed by atoms with Crippen molar-refractivity contribution in [3.8, 4) is 0 Å². The molecule has 0 fully saturated rings. The minimum atomic E-state index is -0.560. The molecule has 0 spiro atoms. The van der Waals surface area contributed by atoms with Crippen LogP contribution in [0.3, 0.4) is 0 Å². The van der Waals surface area contributed by atoms with E-state index in [4.69, 9.17) is 4.74 Å². The molecule has 1 amide bonds. The summed E-state index contributed by atoms with van der Waals surface area (Å²) in [6.07, 6.45) is 2.11. The molecule has 2 aromatic rings. The first-order valence-corrected chi connectivity index (χ1v) is 10.2. The minimum absolute atomic E-state index is 0. The van der Waals surface area contributed by atoms with Gasteiger partial charge in [-0.25, -0.2) is 4.79 Å². The van der Waals surface area contributed by atoms with E-state index in [0.717, 1.165) is 24.4 Å². The smallest absolute Gasteiger partial charge is 0.408 e. The van der Waals surface area contributed by atoms with Crippen LogP contribution in [0, 0.1) is 0 Å². The summed E-state index contributed by atoms with van der Waals surface area (Å²) in [5.41, 5.74) is 0.416. The van der Waals surface area contributed by atoms with Gasteiger partial charge in [0.05, 0.1) is 6.04 Å². The first-order valence-electron chi connectivity index (χ1n) is 10.2. The van der Waals surface area contributed by atoms with Crippen molar-refractivity contribution in [2.45, 2.75) is 52.3 Å². The zero-order valence-electron chi connectivity index (χ0n) is 18.9. The Kier molecular flexibility index (Phi) is 11.3. The van der Waals surface area contributed by atoms with Crippen LogP contribution < -0.4 is 16.0 Å². The van der Waals surface area contributed by atoms with Crippen LogP contribution in [0.1, 0.15) is 45.1 Å². The fourth-order valence-corrected chi connectivity index (χ4v) is 2.84. The molecule has 10 heteroatoms. The maximum absolute atomic E-state index is 12.3. The zero-order chi connectivity index (χ0) is 22.0. The topological polar surface area (TPSA) is 105 Å². The van der Waals surface area contributed by atoms with Gasteiger partial charge < -0.3 is 25.3 Å². The van der Waals surface area contributed by atoms with Gasteiger partial charge in [-0.2, -0.15) is 0 Å². The van der Waals surface area contributed by atoms with Gasteiger partial charge in [0.1, 0.15) is 17.8 Å². The molecule has 9 nitrogen and oxygen atoms in total. The van der Waals surface area contributed by atoms with Crippen LogP contribution in [-0.4, -0.2) is 52.6 Å². The molecule has 0 aliphatic heterocycles. The molecule has 31 heavy (non-hydrogen) atoms. The van der Waals surface area contributed by atoms with E-state index in [2.05, 4.69) is 38.1 Å². The number of amides is 1. The number of aliphatic imine (C=N–C) groups is 1. The van der Waals surface area contributed by atoms with Crippen LogP contribution in [0.2, 0.25) is 0 Å². The number of aryl methyl sites for hydroxylation is 1. The largest absolute Gasteiger partial charge is 0.444 e. The molecule has 0 bridgehead atoms. The molecule has 0 radical (unpaired) electrons. The highest BCUT2D eigenvalue weighted by Crippen LogP contribution is 2.14. The first kappa shape index (κ1) is 26.7. The van der Waals surface area contributed by atoms with Crippen molar-refractivity contribution >= 4 is 36.0 Å². The molecule has 2 rings (SSSR count). The molecule has 0 aliphatic carbocycles. The average molecular weight is 543 g/mol. The third-order valence-electron chi connectivity index (χ3n) is 4.25. The van der Waals surface area contributed by atoms with Crippen molar-refractivity contribution in [3.05, 3.63) is 48.0 Å². The van der Waals surface area contributed by atoms with Crippen molar-refractivity contribution in [1.29, 1.82) is 0 Å². The minimum Gasteiger partial charge on any atom is -0.444 e. The third-order valence-corrected chi connectivity index (χ3v) is 4.25. The molecular weight excluding hydrogens is 509 g/mol. The fraction of sp³-hybridized carbons (Fsp3) is 0.524. The lowest BCUT2D eigenvalue weighted by Crippen LogP contribution is -2.44. The maximum atomic E-state index is 12.3. The van der Waals surface area contributed by atoms with Gasteiger partial charge in [0.15, 0.2) is 5.96 Å². The highest BCUT2D eigenvalue weighted by molar-refractivity contribution is 14.0. The molecule has 172 valence electrons. The molecule has 0 saturated heterocycles. The average Bonchev–Trinajstić information content (AvgIpc) is 3.16. The van der Waals surface area contributed by atoms with E-state index in [-0.39, 0.29) is 30.0 Å². The van der Waals surface area contributed by atoms with E-state index in [9.17, 15) is 4.79 Å². The molecule has 1 atom stereocenters. The summed E-state index contributed by atoms with van der Waals surface area (Å²) in [5, 5.41) is 17.5. The number of hydrogen-bond acceptors (Lipinski definition) is 5. The van der Waals surface area contributed by atoms with E-state index >= 15 is 0 Å². The lowest BCUT2D eigenvalue weighted by atomic mass is 10.1. The van der Waals surface area contributed by atoms with Crippen LogP contribution in [0.4, 0.5) is 4.79 Å². The summed E-state index contributed by atoms with van der Waals surface area (Å²) < 4.78 is 7.42. The number of ether oxygens (including phenoxy) is 1. The SMILES string of the molecule is CCc1nncn1CCNC(=NC)NCC(NC(=O)OC(C)(C)C)c1ccccc1.I. The highest BCUT2D eigenvalue weighted by Gasteiger charge is 2.20. The predicted octanol–water partition coefficient (Wildman–Crippen LogP) is 2.89. The molecule has 1 aromatic carbocycles. The Morgan fingerprint density at radius 2 is 1.94 bits per heavy atom. The summed E-state index contributed by atoms with van der Waals surface area (Å²) in [6.45, 7) is 9.43. The predicted molar refractivity (Wildman–Crippen MR) is 133 cm³/mol. The van der Waals surface area contributed by atoms with Crippen LogP contribution >= 0.6 is 24.0 Å². The first-order chi connectivity index (χ1) is 14.3. The Morgan fingerprint density at radius 3 is 2.55 bits per heavy atom. The van der Waals surface area contributed by atoms with Gasteiger partial charge in [0.2, 0.25) is 0 Å². The number of benzene rings is 1. The van der Waals surface area contributed by atoms with Gasteiger partial charge in [0, 0.05) is 33.1 Å². The van der Waals surface area contributed by atoms with Crippen LogP contribution in [-0.2, 0) is 17.7 Å². The number of halogens is 1. The lowest BCUT2D eigenvalue weighted by molar-refractivity contribution is 0.0504. The van der Waals surface area contributed by atoms with E-state index < -0.39 is 11.7 Å². The number of alkyl carbamates (subject to hydrolysis) is 1. The molecule has 1 aromatic heterocycles. The van der Waals surface area contributed by atoms with Gasteiger partial charge in [-0.15, -0.1) is 34.2 Å². The van der Waals surface area contributed by atoms with Gasteiger partial charge in [-0.3, -0.25) is 4.99 Å². The second-order valence-corrected chi connectivity index (χ2v) is 7.78. The summed E-state index contributed by atoms with van der Waals surface area (Å²) >= 11 is 0. The Balaban J connectivity index is 0.00000480. The van der Waals surface area contributed by atoms with Gasteiger partial charge >= 0.3 is 6.09 Å². The Bertz CT molecular complexity index is 819. The highest BCUT2D eigenvalue weighted by atomic mass is 127. The van der Waals surface area contributed by atoms with E-state index in [1.807, 2.05) is 55.7 Å². The monoisotopic (exact) mass is 543 g/mol. The standard InChI is InChI=1S/C21H33N7O2.HI/c1-6-18-27-25-15-28(18)13-12-23-19(22-5)24-14-17(16-10-8-7-9-11-16)26-20(29)30-21(2,3)4;/h7-11,15,17H,6,12-14H2,1-5H3,(H,26,29)(H2,22,23,24);1H. The number of carbonyl (C=O) groups is 1. The van der Waals surface area contributed by atoms with E-state index in [1.165, 1.54) is 0 Å². The Morgan fingerprint density at radius 1 is 1.23 bits per heavy atom. The maximum Gasteiger partial charge on any atom is 0.408 e. The quantitative estimate of drug-likeness (QED) is 0.269. The molecule has 1 unspecified atom stereocenters. The summed E-state index contributed by atoms with van der Waals surface area (Å²) in [6, 6.07) is 9.49. The van der Waals surface area contributed by atoms with Crippen molar-refractivity contribution in [1.82, 2.24) is 30.7 Å². The van der Waals surface area contributed by atoms with Gasteiger partial charge in [-0.05, 0) is 26.3 Å². The number of rotatable bonds is 8. The van der Waals surface area contributed by atoms with Crippen molar-refractivity contribution in [3.63, 3.8) is 0 Å². The molecular formula is C21H34IN7O2. The summed E-state index contributed by atoms with van der Waals surface area (Å²) in [5.74, 6) is 1.60. The number of nitrogens with zero attached hydrogens (tertiary/aromatic N) is 4. The van der Waals surface area contributed by atoms with Crippen molar-refractivity contribution < 1.29 is 9.53 Å². The van der Waals surface area contributed by atoms with E-state index in [0.29, 0.717) is 19.0 Å². The normalized spacial score (nSPS) is 12.5. The van der Waals surface area contributed by atoms with E-state index in [1.54, 1.807) is 13.4 Å². The number of aromatic nitrogens is 3. The van der Waals surface area contributed by atoms with Crippen LogP contribution in [0.5, 0.6) is 0 Å². The third kappa shape index (κ3) is 9.53. The second-order valence-electron chi connectivity index (χ2n) is 7.78. The van der Waals surface area contributed by atoms with Crippen LogP contribution in [0.15, 0.2) is 41.7 Å². The number of nitrogens with one attached hydrogen (secondary N) is 3. The Hall–Kier alpha value is -2.37. The Labute approximate surface area is 201 Å². The second kappa shape index (κ2) is 13.1. The summed E-state index contributed by atoms with van der Waals surface area (Å²) in [7, 11) is 1.71. The van der Waals surface area contributed by atoms with Crippen molar-refractivity contribution in [2.75, 3.05) is 20.1 Å². The number of guanidine groups is 1. The number of hydrogen-bond donors (Lipinski definition) is 3. The molecule has 1 heterocycles. The molecule has 0 aliphatic rings. The zero-order valence-corrected chi connectivity index (χ0v) is 21.2. The molecule has 0 saturated carbocycles. The summed E-state index contributed by atoms with van der Waals surface area (Å²) in [4.78, 5) is 16.6. The fourth-order valence-electron chi connectivity index (χ4n) is 2.84. The van der Waals surface area contributed by atoms with Gasteiger partial charge in [-0.1, -0.05) is 37.3 Å². The van der Waals surface area contributed by atoms with Gasteiger partial charge in [0.25, 0.3) is 0 Å². The van der Waals surface area contributed by atoms with Crippen molar-refractivity contribution in [2.24, 2.45) is 4.99 Å². The number of carbonyl (C=O) groups excluding carboxylic acids is 1. The van der Waals surface area contributed by atoms with Crippen LogP contribution in [0.25, 0.3) is 0 Å². The molecule has 3 N–H and O–H groups in total. The lowest BCUT2D eigenvalue weighted by Gasteiger charge is -2.25.